The molecule has 104 valence electrons. The molecule has 0 saturated heterocycles. The summed E-state index contributed by atoms with van der Waals surface area (Å²) in [6, 6.07) is 7.58. The Morgan fingerprint density at radius 3 is 2.40 bits per heavy atom. The van der Waals surface area contributed by atoms with Crippen molar-refractivity contribution in [2.24, 2.45) is 5.92 Å². The largest absolute Gasteiger partial charge is 1.00 e. The minimum atomic E-state index is -1.03. The molecule has 20 heavy (non-hydrogen) atoms. The molecule has 0 heterocycles. The molecule has 4 heteroatoms. The van der Waals surface area contributed by atoms with Gasteiger partial charge < -0.3 is 15.2 Å². The first-order valence-corrected chi connectivity index (χ1v) is 7.27. The van der Waals surface area contributed by atoms with E-state index in [2.05, 4.69) is 5.32 Å². The van der Waals surface area contributed by atoms with Crippen LogP contribution in [0.25, 0.3) is 0 Å². The maximum Gasteiger partial charge on any atom is 1.00 e. The molecule has 1 aromatic carbocycles. The molecule has 1 aromatic rings. The van der Waals surface area contributed by atoms with E-state index < -0.39 is 5.97 Å². The summed E-state index contributed by atoms with van der Waals surface area (Å²) in [5.74, 6) is -0.142. The summed E-state index contributed by atoms with van der Waals surface area (Å²) < 4.78 is 0. The van der Waals surface area contributed by atoms with Gasteiger partial charge in [0.15, 0.2) is 0 Å². The molecule has 0 bridgehead atoms. The average molecular weight is 283 g/mol. The van der Waals surface area contributed by atoms with Crippen LogP contribution in [0.5, 0.6) is 0 Å². The van der Waals surface area contributed by atoms with Gasteiger partial charge in [0.25, 0.3) is 0 Å². The van der Waals surface area contributed by atoms with Crippen LogP contribution < -0.4 is 40.0 Å². The van der Waals surface area contributed by atoms with E-state index in [9.17, 15) is 9.90 Å². The van der Waals surface area contributed by atoms with Crippen LogP contribution in [-0.2, 0) is 11.2 Å². The van der Waals surface area contributed by atoms with Crippen LogP contribution in [0.2, 0.25) is 0 Å². The quantitative estimate of drug-likeness (QED) is 0.707. The summed E-state index contributed by atoms with van der Waals surface area (Å²) in [5, 5.41) is 13.9. The van der Waals surface area contributed by atoms with Crippen LogP contribution >= 0.6 is 0 Å². The number of carbonyl (C=O) groups excluding carboxylic acids is 1. The van der Waals surface area contributed by atoms with Crippen LogP contribution in [0.1, 0.15) is 44.1 Å². The molecule has 0 amide bonds. The number of carbonyl (C=O) groups is 1. The van der Waals surface area contributed by atoms with Gasteiger partial charge in [-0.05, 0) is 30.0 Å². The van der Waals surface area contributed by atoms with Crippen LogP contribution in [0.4, 0.5) is 5.69 Å². The van der Waals surface area contributed by atoms with Crippen LogP contribution in [0.3, 0.4) is 0 Å². The summed E-state index contributed by atoms with van der Waals surface area (Å²) in [6.07, 6.45) is 8.18. The third-order valence-corrected chi connectivity index (χ3v) is 3.91. The molecule has 3 nitrogen and oxygen atoms in total. The molecule has 0 radical (unpaired) electrons. The van der Waals surface area contributed by atoms with Crippen molar-refractivity contribution < 1.29 is 39.5 Å². The smallest absolute Gasteiger partial charge is 0.550 e. The van der Waals surface area contributed by atoms with Gasteiger partial charge in [0, 0.05) is 24.6 Å². The molecule has 0 aliphatic heterocycles. The van der Waals surface area contributed by atoms with Crippen LogP contribution in [-0.4, -0.2) is 12.5 Å². The van der Waals surface area contributed by atoms with Crippen LogP contribution in [0.15, 0.2) is 24.3 Å². The third kappa shape index (κ3) is 6.29. The maximum atomic E-state index is 10.5. The van der Waals surface area contributed by atoms with Crippen LogP contribution in [0, 0.1) is 5.92 Å². The van der Waals surface area contributed by atoms with Crippen molar-refractivity contribution in [2.45, 2.75) is 44.9 Å². The molecule has 0 spiro atoms. The van der Waals surface area contributed by atoms with Crippen molar-refractivity contribution in [1.82, 2.24) is 0 Å². The molecular formula is C16H22NNaO2. The van der Waals surface area contributed by atoms with Gasteiger partial charge in [0.1, 0.15) is 0 Å². The predicted molar refractivity (Wildman–Crippen MR) is 74.8 cm³/mol. The summed E-state index contributed by atoms with van der Waals surface area (Å²) >= 11 is 0. The summed E-state index contributed by atoms with van der Waals surface area (Å²) in [7, 11) is 0. The summed E-state index contributed by atoms with van der Waals surface area (Å²) in [6.45, 7) is 1.00. The van der Waals surface area contributed by atoms with Crippen molar-refractivity contribution >= 4 is 11.7 Å². The van der Waals surface area contributed by atoms with E-state index >= 15 is 0 Å². The van der Waals surface area contributed by atoms with Gasteiger partial charge >= 0.3 is 29.6 Å². The Kier molecular flexibility index (Phi) is 8.27. The van der Waals surface area contributed by atoms with Gasteiger partial charge in [-0.15, -0.1) is 0 Å². The normalized spacial score (nSPS) is 15.4. The zero-order chi connectivity index (χ0) is 13.5. The van der Waals surface area contributed by atoms with Gasteiger partial charge in [-0.3, -0.25) is 0 Å². The van der Waals surface area contributed by atoms with Gasteiger partial charge in [-0.25, -0.2) is 0 Å². The van der Waals surface area contributed by atoms with Gasteiger partial charge in [-0.2, -0.15) is 0 Å². The average Bonchev–Trinajstić information content (AvgIpc) is 2.41. The molecule has 0 atom stereocenters. The Morgan fingerprint density at radius 2 is 1.80 bits per heavy atom. The standard InChI is InChI=1S/C16H23NO2.Na/c18-16(19)12-14-6-8-15(9-7-14)17-11-10-13-4-2-1-3-5-13;/h6-9,13,17H,1-5,10-12H2,(H,18,19);/q;+1/p-1. The number of rotatable bonds is 6. The zero-order valence-electron chi connectivity index (χ0n) is 12.4. The molecule has 1 saturated carbocycles. The Morgan fingerprint density at radius 1 is 1.15 bits per heavy atom. The Labute approximate surface area is 143 Å². The molecule has 1 aliphatic rings. The fourth-order valence-electron chi connectivity index (χ4n) is 2.80. The molecule has 1 fully saturated rings. The molecule has 1 aliphatic carbocycles. The van der Waals surface area contributed by atoms with Gasteiger partial charge in [0.2, 0.25) is 0 Å². The van der Waals surface area contributed by atoms with Crippen molar-refractivity contribution in [3.05, 3.63) is 29.8 Å². The first-order valence-electron chi connectivity index (χ1n) is 7.27. The van der Waals surface area contributed by atoms with Gasteiger partial charge in [0.05, 0.1) is 0 Å². The fourth-order valence-corrected chi connectivity index (χ4v) is 2.80. The van der Waals surface area contributed by atoms with E-state index in [4.69, 9.17) is 0 Å². The number of hydrogen-bond donors (Lipinski definition) is 1. The maximum absolute atomic E-state index is 10.5. The third-order valence-electron chi connectivity index (χ3n) is 3.91. The monoisotopic (exact) mass is 283 g/mol. The van der Waals surface area contributed by atoms with Crippen molar-refractivity contribution in [3.8, 4) is 0 Å². The van der Waals surface area contributed by atoms with Crippen molar-refractivity contribution in [3.63, 3.8) is 0 Å². The Balaban J connectivity index is 0.00000200. The van der Waals surface area contributed by atoms with E-state index in [0.29, 0.717) is 0 Å². The fraction of sp³-hybridized carbons (Fsp3) is 0.562. The van der Waals surface area contributed by atoms with E-state index in [0.717, 1.165) is 23.7 Å². The number of aliphatic carboxylic acids is 1. The van der Waals surface area contributed by atoms with E-state index in [1.807, 2.05) is 24.3 Å². The number of carboxylic acids is 1. The number of nitrogens with one attached hydrogen (secondary N) is 1. The topological polar surface area (TPSA) is 52.2 Å². The predicted octanol–water partition coefficient (Wildman–Crippen LogP) is -0.635. The second-order valence-electron chi connectivity index (χ2n) is 5.47. The molecule has 0 unspecified atom stereocenters. The first kappa shape index (κ1) is 17.5. The summed E-state index contributed by atoms with van der Waals surface area (Å²) in [5.41, 5.74) is 1.86. The minimum Gasteiger partial charge on any atom is -0.550 e. The first-order chi connectivity index (χ1) is 9.24. The number of hydrogen-bond acceptors (Lipinski definition) is 3. The van der Waals surface area contributed by atoms with Crippen molar-refractivity contribution in [2.75, 3.05) is 11.9 Å². The molecular weight excluding hydrogens is 261 g/mol. The van der Waals surface area contributed by atoms with E-state index in [-0.39, 0.29) is 36.0 Å². The Hall–Kier alpha value is -0.510. The number of anilines is 1. The molecule has 2 rings (SSSR count). The minimum absolute atomic E-state index is 0. The molecule has 0 aromatic heterocycles. The zero-order valence-corrected chi connectivity index (χ0v) is 14.4. The second kappa shape index (κ2) is 9.43. The second-order valence-corrected chi connectivity index (χ2v) is 5.47. The molecule has 1 N–H and O–H groups in total. The van der Waals surface area contributed by atoms with E-state index in [1.165, 1.54) is 38.5 Å². The number of benzene rings is 1. The Bertz CT molecular complexity index is 399. The van der Waals surface area contributed by atoms with Gasteiger partial charge in [-0.1, -0.05) is 44.2 Å². The summed E-state index contributed by atoms with van der Waals surface area (Å²) in [4.78, 5) is 10.5. The van der Waals surface area contributed by atoms with E-state index in [1.54, 1.807) is 0 Å². The van der Waals surface area contributed by atoms with Crippen molar-refractivity contribution in [1.29, 1.82) is 0 Å². The number of carboxylic acid groups (broad SMARTS) is 1. The SMILES string of the molecule is O=C([O-])Cc1ccc(NCCC2CCCCC2)cc1.[Na+].